The van der Waals surface area contributed by atoms with Crippen LogP contribution in [0.4, 0.5) is 0 Å². The predicted molar refractivity (Wildman–Crippen MR) is 81.1 cm³/mol. The molecule has 0 saturated carbocycles. The van der Waals surface area contributed by atoms with E-state index in [-0.39, 0.29) is 6.61 Å². The van der Waals surface area contributed by atoms with Crippen molar-refractivity contribution in [3.05, 3.63) is 54.1 Å². The molecule has 1 N–H and O–H groups in total. The minimum atomic E-state index is -0.678. The van der Waals surface area contributed by atoms with Gasteiger partial charge in [0.15, 0.2) is 0 Å². The average Bonchev–Trinajstić information content (AvgIpc) is 2.54. The summed E-state index contributed by atoms with van der Waals surface area (Å²) in [6.07, 6.45) is -0.678. The highest BCUT2D eigenvalue weighted by molar-refractivity contribution is 5.32. The molecule has 0 aliphatic heterocycles. The van der Waals surface area contributed by atoms with E-state index in [1.807, 2.05) is 55.5 Å². The third-order valence-corrected chi connectivity index (χ3v) is 3.04. The van der Waals surface area contributed by atoms with Gasteiger partial charge in [0, 0.05) is 0 Å². The van der Waals surface area contributed by atoms with Gasteiger partial charge < -0.3 is 19.3 Å². The SMILES string of the molecule is CCOc1ccc(OCC(O)c2ccc(OC)cc2)cc1. The third kappa shape index (κ3) is 4.39. The van der Waals surface area contributed by atoms with Crippen molar-refractivity contribution in [2.45, 2.75) is 13.0 Å². The van der Waals surface area contributed by atoms with E-state index in [1.54, 1.807) is 7.11 Å². The molecule has 2 rings (SSSR count). The molecule has 4 nitrogen and oxygen atoms in total. The second kappa shape index (κ2) is 7.55. The van der Waals surface area contributed by atoms with E-state index in [9.17, 15) is 5.11 Å². The zero-order valence-electron chi connectivity index (χ0n) is 12.3. The molecule has 0 aliphatic rings. The molecule has 0 spiro atoms. The van der Waals surface area contributed by atoms with Gasteiger partial charge in [-0.2, -0.15) is 0 Å². The lowest BCUT2D eigenvalue weighted by Gasteiger charge is -2.13. The second-order valence-corrected chi connectivity index (χ2v) is 4.50. The molecule has 21 heavy (non-hydrogen) atoms. The Bertz CT molecular complexity index is 534. The first kappa shape index (κ1) is 15.2. The van der Waals surface area contributed by atoms with Gasteiger partial charge in [0.25, 0.3) is 0 Å². The van der Waals surface area contributed by atoms with Crippen LogP contribution in [0.5, 0.6) is 17.2 Å². The Kier molecular flexibility index (Phi) is 5.46. The van der Waals surface area contributed by atoms with Gasteiger partial charge in [0.1, 0.15) is 30.0 Å². The van der Waals surface area contributed by atoms with Crippen LogP contribution < -0.4 is 14.2 Å². The summed E-state index contributed by atoms with van der Waals surface area (Å²) < 4.78 is 16.0. The second-order valence-electron chi connectivity index (χ2n) is 4.50. The Labute approximate surface area is 124 Å². The molecule has 4 heteroatoms. The predicted octanol–water partition coefficient (Wildman–Crippen LogP) is 3.21. The summed E-state index contributed by atoms with van der Waals surface area (Å²) >= 11 is 0. The number of methoxy groups -OCH3 is 1. The van der Waals surface area contributed by atoms with Crippen molar-refractivity contribution >= 4 is 0 Å². The third-order valence-electron chi connectivity index (χ3n) is 3.04. The summed E-state index contributed by atoms with van der Waals surface area (Å²) in [6.45, 7) is 2.77. The summed E-state index contributed by atoms with van der Waals surface area (Å²) in [5.74, 6) is 2.27. The molecule has 112 valence electrons. The smallest absolute Gasteiger partial charge is 0.119 e. The van der Waals surface area contributed by atoms with Gasteiger partial charge >= 0.3 is 0 Å². The highest BCUT2D eigenvalue weighted by Crippen LogP contribution is 2.21. The van der Waals surface area contributed by atoms with Gasteiger partial charge in [-0.25, -0.2) is 0 Å². The van der Waals surface area contributed by atoms with Gasteiger partial charge in [-0.3, -0.25) is 0 Å². The Hall–Kier alpha value is -2.20. The molecule has 0 bridgehead atoms. The van der Waals surface area contributed by atoms with Crippen molar-refractivity contribution in [2.75, 3.05) is 20.3 Å². The van der Waals surface area contributed by atoms with Crippen molar-refractivity contribution in [3.8, 4) is 17.2 Å². The fraction of sp³-hybridized carbons (Fsp3) is 0.294. The van der Waals surface area contributed by atoms with E-state index in [2.05, 4.69) is 0 Å². The first-order valence-electron chi connectivity index (χ1n) is 6.90. The van der Waals surface area contributed by atoms with Crippen LogP contribution >= 0.6 is 0 Å². The monoisotopic (exact) mass is 288 g/mol. The van der Waals surface area contributed by atoms with Crippen LogP contribution in [0, 0.1) is 0 Å². The topological polar surface area (TPSA) is 47.9 Å². The van der Waals surface area contributed by atoms with Gasteiger partial charge in [-0.15, -0.1) is 0 Å². The molecule has 0 amide bonds. The average molecular weight is 288 g/mol. The van der Waals surface area contributed by atoms with E-state index < -0.39 is 6.10 Å². The minimum absolute atomic E-state index is 0.195. The van der Waals surface area contributed by atoms with Crippen LogP contribution in [0.15, 0.2) is 48.5 Å². The number of rotatable bonds is 7. The van der Waals surface area contributed by atoms with Crippen molar-refractivity contribution in [1.29, 1.82) is 0 Å². The van der Waals surface area contributed by atoms with Crippen LogP contribution in [0.3, 0.4) is 0 Å². The fourth-order valence-corrected chi connectivity index (χ4v) is 1.90. The molecule has 0 aliphatic carbocycles. The number of hydrogen-bond acceptors (Lipinski definition) is 4. The Morgan fingerprint density at radius 3 is 1.90 bits per heavy atom. The van der Waals surface area contributed by atoms with Gasteiger partial charge in [0.2, 0.25) is 0 Å². The van der Waals surface area contributed by atoms with E-state index in [1.165, 1.54) is 0 Å². The highest BCUT2D eigenvalue weighted by Gasteiger charge is 2.08. The Morgan fingerprint density at radius 1 is 0.857 bits per heavy atom. The van der Waals surface area contributed by atoms with Gasteiger partial charge in [-0.05, 0) is 48.9 Å². The lowest BCUT2D eigenvalue weighted by Crippen LogP contribution is -2.09. The van der Waals surface area contributed by atoms with Crippen LogP contribution in [-0.4, -0.2) is 25.4 Å². The summed E-state index contributed by atoms with van der Waals surface area (Å²) in [7, 11) is 1.61. The van der Waals surface area contributed by atoms with E-state index >= 15 is 0 Å². The highest BCUT2D eigenvalue weighted by atomic mass is 16.5. The number of hydrogen-bond donors (Lipinski definition) is 1. The Morgan fingerprint density at radius 2 is 1.38 bits per heavy atom. The number of benzene rings is 2. The fourth-order valence-electron chi connectivity index (χ4n) is 1.90. The van der Waals surface area contributed by atoms with E-state index in [0.717, 1.165) is 17.1 Å². The standard InChI is InChI=1S/C17H20O4/c1-3-20-15-8-10-16(11-9-15)21-12-17(18)13-4-6-14(19-2)7-5-13/h4-11,17-18H,3,12H2,1-2H3. The molecule has 0 saturated heterocycles. The maximum Gasteiger partial charge on any atom is 0.119 e. The molecule has 0 heterocycles. The van der Waals surface area contributed by atoms with Crippen molar-refractivity contribution in [1.82, 2.24) is 0 Å². The lowest BCUT2D eigenvalue weighted by molar-refractivity contribution is 0.108. The number of aliphatic hydroxyl groups is 1. The molecule has 1 unspecified atom stereocenters. The van der Waals surface area contributed by atoms with Crippen LogP contribution in [-0.2, 0) is 0 Å². The zero-order chi connectivity index (χ0) is 15.1. The summed E-state index contributed by atoms with van der Waals surface area (Å²) in [5, 5.41) is 10.1. The van der Waals surface area contributed by atoms with E-state index in [0.29, 0.717) is 12.4 Å². The molecule has 2 aromatic rings. The quantitative estimate of drug-likeness (QED) is 0.850. The first-order chi connectivity index (χ1) is 10.2. The minimum Gasteiger partial charge on any atom is -0.497 e. The summed E-state index contributed by atoms with van der Waals surface area (Å²) in [6, 6.07) is 14.6. The molecule has 0 aromatic heterocycles. The van der Waals surface area contributed by atoms with Crippen LogP contribution in [0.2, 0.25) is 0 Å². The maximum absolute atomic E-state index is 10.1. The maximum atomic E-state index is 10.1. The number of ether oxygens (including phenoxy) is 3. The van der Waals surface area contributed by atoms with Crippen molar-refractivity contribution in [3.63, 3.8) is 0 Å². The summed E-state index contributed by atoms with van der Waals surface area (Å²) in [4.78, 5) is 0. The molecule has 2 aromatic carbocycles. The van der Waals surface area contributed by atoms with Crippen molar-refractivity contribution < 1.29 is 19.3 Å². The largest absolute Gasteiger partial charge is 0.497 e. The van der Waals surface area contributed by atoms with E-state index in [4.69, 9.17) is 14.2 Å². The Balaban J connectivity index is 1.88. The van der Waals surface area contributed by atoms with Gasteiger partial charge in [0.05, 0.1) is 13.7 Å². The molecule has 0 radical (unpaired) electrons. The molecule has 1 atom stereocenters. The summed E-state index contributed by atoms with van der Waals surface area (Å²) in [5.41, 5.74) is 0.793. The van der Waals surface area contributed by atoms with Crippen LogP contribution in [0.25, 0.3) is 0 Å². The lowest BCUT2D eigenvalue weighted by atomic mass is 10.1. The zero-order valence-corrected chi connectivity index (χ0v) is 12.3. The number of aliphatic hydroxyl groups excluding tert-OH is 1. The van der Waals surface area contributed by atoms with Gasteiger partial charge in [-0.1, -0.05) is 12.1 Å². The molecular weight excluding hydrogens is 268 g/mol. The van der Waals surface area contributed by atoms with Crippen LogP contribution in [0.1, 0.15) is 18.6 Å². The molecule has 0 fully saturated rings. The van der Waals surface area contributed by atoms with Crippen molar-refractivity contribution in [2.24, 2.45) is 0 Å². The molecular formula is C17H20O4. The normalized spacial score (nSPS) is 11.8. The first-order valence-corrected chi connectivity index (χ1v) is 6.90.